The van der Waals surface area contributed by atoms with Crippen molar-refractivity contribution in [2.24, 2.45) is 5.92 Å². The molecule has 106 valence electrons. The van der Waals surface area contributed by atoms with E-state index in [4.69, 9.17) is 11.6 Å². The normalized spacial score (nSPS) is 23.1. The summed E-state index contributed by atoms with van der Waals surface area (Å²) >= 11 is 6.16. The van der Waals surface area contributed by atoms with Crippen LogP contribution in [0.2, 0.25) is 5.02 Å². The number of anilines is 1. The molecule has 1 heterocycles. The van der Waals surface area contributed by atoms with Crippen LogP contribution in [0, 0.1) is 5.92 Å². The van der Waals surface area contributed by atoms with E-state index in [2.05, 4.69) is 0 Å². The first kappa shape index (κ1) is 13.4. The molecule has 20 heavy (non-hydrogen) atoms. The first-order valence-electron chi connectivity index (χ1n) is 6.96. The predicted molar refractivity (Wildman–Crippen MR) is 77.7 cm³/mol. The van der Waals surface area contributed by atoms with Gasteiger partial charge in [-0.15, -0.1) is 0 Å². The average molecular weight is 293 g/mol. The summed E-state index contributed by atoms with van der Waals surface area (Å²) in [6.45, 7) is 2.88. The van der Waals surface area contributed by atoms with Crippen LogP contribution in [0.1, 0.15) is 19.8 Å². The van der Waals surface area contributed by atoms with Crippen LogP contribution in [-0.4, -0.2) is 35.8 Å². The van der Waals surface area contributed by atoms with E-state index in [0.717, 1.165) is 18.5 Å². The summed E-state index contributed by atoms with van der Waals surface area (Å²) in [6, 6.07) is 6.91. The van der Waals surface area contributed by atoms with E-state index in [9.17, 15) is 9.59 Å². The van der Waals surface area contributed by atoms with Crippen molar-refractivity contribution < 1.29 is 9.59 Å². The number of nitrogens with zero attached hydrogens (tertiary/aromatic N) is 2. The average Bonchev–Trinajstić information content (AvgIpc) is 3.27. The van der Waals surface area contributed by atoms with E-state index >= 15 is 0 Å². The van der Waals surface area contributed by atoms with Crippen LogP contribution in [0.3, 0.4) is 0 Å². The Morgan fingerprint density at radius 3 is 2.60 bits per heavy atom. The Morgan fingerprint density at radius 1 is 1.25 bits per heavy atom. The standard InChI is InChI=1S/C15H17ClN2O2/c1-10-14(19)18(13-5-3-2-4-12(13)16)9-8-17(10)15(20)11-6-7-11/h2-5,10-11H,6-9H2,1H3/t10-/m0/s1. The number of para-hydroxylation sites is 1. The highest BCUT2D eigenvalue weighted by molar-refractivity contribution is 6.33. The molecule has 0 bridgehead atoms. The second-order valence-electron chi connectivity index (χ2n) is 5.42. The fourth-order valence-electron chi connectivity index (χ4n) is 2.65. The zero-order chi connectivity index (χ0) is 14.3. The van der Waals surface area contributed by atoms with Crippen molar-refractivity contribution in [3.63, 3.8) is 0 Å². The second-order valence-corrected chi connectivity index (χ2v) is 5.83. The van der Waals surface area contributed by atoms with E-state index in [1.54, 1.807) is 22.8 Å². The van der Waals surface area contributed by atoms with Gasteiger partial charge < -0.3 is 9.80 Å². The molecule has 0 spiro atoms. The van der Waals surface area contributed by atoms with Gasteiger partial charge in [0, 0.05) is 19.0 Å². The summed E-state index contributed by atoms with van der Waals surface area (Å²) in [5.41, 5.74) is 0.726. The van der Waals surface area contributed by atoms with Crippen LogP contribution in [-0.2, 0) is 9.59 Å². The lowest BCUT2D eigenvalue weighted by molar-refractivity contribution is -0.141. The van der Waals surface area contributed by atoms with Gasteiger partial charge in [-0.1, -0.05) is 23.7 Å². The van der Waals surface area contributed by atoms with Crippen molar-refractivity contribution in [2.75, 3.05) is 18.0 Å². The molecule has 1 aromatic rings. The molecule has 2 fully saturated rings. The summed E-state index contributed by atoms with van der Waals surface area (Å²) < 4.78 is 0. The van der Waals surface area contributed by atoms with Crippen molar-refractivity contribution in [3.8, 4) is 0 Å². The SMILES string of the molecule is C[C@H]1C(=O)N(c2ccccc2Cl)CCN1C(=O)C1CC1. The van der Waals surface area contributed by atoms with Crippen molar-refractivity contribution in [1.82, 2.24) is 4.90 Å². The van der Waals surface area contributed by atoms with Gasteiger partial charge in [0.15, 0.2) is 0 Å². The van der Waals surface area contributed by atoms with E-state index < -0.39 is 6.04 Å². The molecule has 4 nitrogen and oxygen atoms in total. The number of carbonyl (C=O) groups excluding carboxylic acids is 2. The minimum Gasteiger partial charge on any atom is -0.329 e. The quantitative estimate of drug-likeness (QED) is 0.839. The molecule has 2 amide bonds. The molecule has 1 saturated heterocycles. The van der Waals surface area contributed by atoms with E-state index in [-0.39, 0.29) is 17.7 Å². The molecule has 1 aromatic carbocycles. The van der Waals surface area contributed by atoms with Gasteiger partial charge in [0.05, 0.1) is 10.7 Å². The molecule has 2 aliphatic rings. The number of halogens is 1. The highest BCUT2D eigenvalue weighted by Gasteiger charge is 2.41. The predicted octanol–water partition coefficient (Wildman–Crippen LogP) is 2.31. The van der Waals surface area contributed by atoms with Gasteiger partial charge in [-0.05, 0) is 31.9 Å². The largest absolute Gasteiger partial charge is 0.329 e. The topological polar surface area (TPSA) is 40.6 Å². The van der Waals surface area contributed by atoms with E-state index in [0.29, 0.717) is 18.1 Å². The number of carbonyl (C=O) groups is 2. The molecule has 5 heteroatoms. The summed E-state index contributed by atoms with van der Waals surface area (Å²) in [4.78, 5) is 28.1. The first-order chi connectivity index (χ1) is 9.59. The van der Waals surface area contributed by atoms with Gasteiger partial charge in [-0.2, -0.15) is 0 Å². The fourth-order valence-corrected chi connectivity index (χ4v) is 2.88. The first-order valence-corrected chi connectivity index (χ1v) is 7.34. The summed E-state index contributed by atoms with van der Waals surface area (Å²) in [6.07, 6.45) is 1.93. The van der Waals surface area contributed by atoms with Gasteiger partial charge in [-0.25, -0.2) is 0 Å². The Labute approximate surface area is 123 Å². The van der Waals surface area contributed by atoms with Crippen molar-refractivity contribution >= 4 is 29.1 Å². The van der Waals surface area contributed by atoms with Crippen molar-refractivity contribution in [3.05, 3.63) is 29.3 Å². The fraction of sp³-hybridized carbons (Fsp3) is 0.467. The van der Waals surface area contributed by atoms with Crippen LogP contribution in [0.25, 0.3) is 0 Å². The Kier molecular flexibility index (Phi) is 3.42. The van der Waals surface area contributed by atoms with Gasteiger partial charge >= 0.3 is 0 Å². The molecule has 3 rings (SSSR count). The molecule has 1 saturated carbocycles. The van der Waals surface area contributed by atoms with Crippen LogP contribution < -0.4 is 4.90 Å². The Morgan fingerprint density at radius 2 is 1.95 bits per heavy atom. The summed E-state index contributed by atoms with van der Waals surface area (Å²) in [5, 5.41) is 0.565. The van der Waals surface area contributed by atoms with Gasteiger partial charge in [-0.3, -0.25) is 9.59 Å². The second kappa shape index (κ2) is 5.09. The number of hydrogen-bond acceptors (Lipinski definition) is 2. The molecule has 1 atom stereocenters. The zero-order valence-electron chi connectivity index (χ0n) is 11.4. The van der Waals surface area contributed by atoms with Gasteiger partial charge in [0.25, 0.3) is 0 Å². The van der Waals surface area contributed by atoms with Crippen LogP contribution in [0.15, 0.2) is 24.3 Å². The lowest BCUT2D eigenvalue weighted by Gasteiger charge is -2.39. The molecule has 0 N–H and O–H groups in total. The molecule has 0 aromatic heterocycles. The third-order valence-electron chi connectivity index (χ3n) is 4.01. The number of amides is 2. The lowest BCUT2D eigenvalue weighted by Crippen LogP contribution is -2.58. The molecule has 1 aliphatic carbocycles. The van der Waals surface area contributed by atoms with Crippen LogP contribution in [0.4, 0.5) is 5.69 Å². The number of rotatable bonds is 2. The Balaban J connectivity index is 1.80. The van der Waals surface area contributed by atoms with Crippen LogP contribution in [0.5, 0.6) is 0 Å². The molecular formula is C15H17ClN2O2. The number of benzene rings is 1. The van der Waals surface area contributed by atoms with Crippen molar-refractivity contribution in [1.29, 1.82) is 0 Å². The maximum absolute atomic E-state index is 12.5. The summed E-state index contributed by atoms with van der Waals surface area (Å²) in [5.74, 6) is 0.222. The summed E-state index contributed by atoms with van der Waals surface area (Å²) in [7, 11) is 0. The number of hydrogen-bond donors (Lipinski definition) is 0. The molecule has 0 radical (unpaired) electrons. The number of piperazine rings is 1. The Bertz CT molecular complexity index is 557. The smallest absolute Gasteiger partial charge is 0.249 e. The lowest BCUT2D eigenvalue weighted by atomic mass is 10.1. The van der Waals surface area contributed by atoms with Gasteiger partial charge in [0.2, 0.25) is 11.8 Å². The van der Waals surface area contributed by atoms with Crippen molar-refractivity contribution in [2.45, 2.75) is 25.8 Å². The van der Waals surface area contributed by atoms with Gasteiger partial charge in [0.1, 0.15) is 6.04 Å². The zero-order valence-corrected chi connectivity index (χ0v) is 12.1. The maximum atomic E-state index is 12.5. The third kappa shape index (κ3) is 2.29. The van der Waals surface area contributed by atoms with E-state index in [1.165, 1.54) is 0 Å². The molecule has 1 aliphatic heterocycles. The third-order valence-corrected chi connectivity index (χ3v) is 4.33. The maximum Gasteiger partial charge on any atom is 0.249 e. The Hall–Kier alpha value is -1.55. The highest BCUT2D eigenvalue weighted by atomic mass is 35.5. The van der Waals surface area contributed by atoms with E-state index in [1.807, 2.05) is 18.2 Å². The molecular weight excluding hydrogens is 276 g/mol. The van der Waals surface area contributed by atoms with Crippen LogP contribution >= 0.6 is 11.6 Å². The monoisotopic (exact) mass is 292 g/mol. The minimum absolute atomic E-state index is 0.0571. The molecule has 0 unspecified atom stereocenters. The highest BCUT2D eigenvalue weighted by Crippen LogP contribution is 2.33. The minimum atomic E-state index is -0.409.